The minimum atomic E-state index is -4.40. The van der Waals surface area contributed by atoms with Gasteiger partial charge in [0, 0.05) is 19.4 Å². The van der Waals surface area contributed by atoms with E-state index in [0.717, 1.165) is 89.9 Å². The number of allylic oxidation sites excluding steroid dienone is 18. The van der Waals surface area contributed by atoms with Crippen LogP contribution < -0.4 is 5.73 Å². The summed E-state index contributed by atoms with van der Waals surface area (Å²) < 4.78 is 33.2. The van der Waals surface area contributed by atoms with Crippen molar-refractivity contribution in [2.24, 2.45) is 5.73 Å². The summed E-state index contributed by atoms with van der Waals surface area (Å²) in [6.45, 7) is 3.66. The fourth-order valence-corrected chi connectivity index (χ4v) is 11.4. The summed E-state index contributed by atoms with van der Waals surface area (Å²) in [6.07, 6.45) is 102. The van der Waals surface area contributed by atoms with Gasteiger partial charge in [0.25, 0.3) is 0 Å². The van der Waals surface area contributed by atoms with Gasteiger partial charge in [0.1, 0.15) is 6.61 Å². The van der Waals surface area contributed by atoms with Crippen LogP contribution in [0.5, 0.6) is 0 Å². The highest BCUT2D eigenvalue weighted by Gasteiger charge is 2.26. The van der Waals surface area contributed by atoms with Crippen molar-refractivity contribution in [3.63, 3.8) is 0 Å². The van der Waals surface area contributed by atoms with Gasteiger partial charge >= 0.3 is 19.8 Å². The molecule has 0 aromatic heterocycles. The number of ether oxygens (including phenoxy) is 2. The number of hydrogen-bond donors (Lipinski definition) is 2. The van der Waals surface area contributed by atoms with Crippen LogP contribution in [0.25, 0.3) is 0 Å². The molecule has 0 aliphatic carbocycles. The first-order chi connectivity index (χ1) is 43.8. The number of carbonyl (C=O) groups is 2. The van der Waals surface area contributed by atoms with Gasteiger partial charge in [-0.2, -0.15) is 0 Å². The molecular formula is C79H140NO8P. The van der Waals surface area contributed by atoms with E-state index in [9.17, 15) is 19.0 Å². The summed E-state index contributed by atoms with van der Waals surface area (Å²) in [5.41, 5.74) is 5.41. The fourth-order valence-electron chi connectivity index (χ4n) is 10.7. The predicted molar refractivity (Wildman–Crippen MR) is 385 cm³/mol. The number of nitrogens with two attached hydrogens (primary N) is 1. The third kappa shape index (κ3) is 73.6. The van der Waals surface area contributed by atoms with E-state index in [1.54, 1.807) is 0 Å². The molecule has 0 aliphatic rings. The van der Waals surface area contributed by atoms with Gasteiger partial charge in [0.15, 0.2) is 6.10 Å². The molecule has 0 rings (SSSR count). The molecule has 0 radical (unpaired) electrons. The molecule has 514 valence electrons. The zero-order valence-electron chi connectivity index (χ0n) is 57.9. The predicted octanol–water partition coefficient (Wildman–Crippen LogP) is 24.9. The van der Waals surface area contributed by atoms with Crippen LogP contribution in [0, 0.1) is 0 Å². The van der Waals surface area contributed by atoms with Crippen molar-refractivity contribution in [1.29, 1.82) is 0 Å². The summed E-state index contributed by atoms with van der Waals surface area (Å²) in [4.78, 5) is 35.4. The van der Waals surface area contributed by atoms with Gasteiger partial charge in [-0.1, -0.05) is 342 Å². The number of hydrogen-bond acceptors (Lipinski definition) is 8. The van der Waals surface area contributed by atoms with Crippen molar-refractivity contribution >= 4 is 19.8 Å². The number of unbranched alkanes of at least 4 members (excludes halogenated alkanes) is 39. The number of carbonyl (C=O) groups excluding carboxylic acids is 2. The van der Waals surface area contributed by atoms with Crippen molar-refractivity contribution in [3.8, 4) is 0 Å². The van der Waals surface area contributed by atoms with Gasteiger partial charge in [0.05, 0.1) is 13.2 Å². The summed E-state index contributed by atoms with van der Waals surface area (Å²) in [7, 11) is -4.40. The Balaban J connectivity index is 3.84. The molecule has 0 bridgehead atoms. The molecule has 2 atom stereocenters. The Labute approximate surface area is 549 Å². The van der Waals surface area contributed by atoms with E-state index < -0.39 is 26.5 Å². The summed E-state index contributed by atoms with van der Waals surface area (Å²) in [6, 6.07) is 0. The van der Waals surface area contributed by atoms with Crippen molar-refractivity contribution in [2.75, 3.05) is 26.4 Å². The fraction of sp³-hybridized carbons (Fsp3) is 0.747. The first-order valence-electron chi connectivity index (χ1n) is 37.4. The second kappa shape index (κ2) is 73.7. The standard InChI is InChI=1S/C79H140NO8P/c1-3-5-7-9-11-13-15-17-19-21-23-25-27-29-31-33-35-36-37-38-39-40-42-44-46-48-50-52-54-56-58-60-62-64-66-68-70-72-79(82)88-77(76-87-89(83,84)86-74-73-80)75-85-78(81)71-69-67-65-63-61-59-57-55-53-51-49-47-45-43-41-34-32-30-28-26-24-22-20-18-16-14-12-10-8-6-4-2/h5,7,11,13,16-19,22-25,28-31,35-36,77H,3-4,6,8-10,12,14-15,20-21,26-27,32-34,37-76,80H2,1-2H3,(H,83,84)/b7-5-,13-11-,18-16-,19-17-,24-22-,25-23-,30-28-,31-29-,36-35-. The van der Waals surface area contributed by atoms with E-state index >= 15 is 0 Å². The van der Waals surface area contributed by atoms with E-state index in [-0.39, 0.29) is 38.6 Å². The number of esters is 2. The molecule has 2 unspecified atom stereocenters. The topological polar surface area (TPSA) is 134 Å². The normalized spacial score (nSPS) is 13.5. The Morgan fingerprint density at radius 2 is 0.618 bits per heavy atom. The maximum atomic E-state index is 12.8. The molecule has 0 saturated carbocycles. The van der Waals surface area contributed by atoms with Crippen LogP contribution in [-0.2, 0) is 32.7 Å². The van der Waals surface area contributed by atoms with Gasteiger partial charge in [-0.15, -0.1) is 0 Å². The first-order valence-corrected chi connectivity index (χ1v) is 38.9. The SMILES string of the molecule is CC/C=C\C/C=C\C/C=C\C/C=C\C/C=C\C/C=C\CCCCCCCCCCCCCCCCCCCCC(=O)OC(COC(=O)CCCCCCCCCCCCCCCCCC/C=C\C/C=C\C/C=C\CCCCCCC)COP(=O)(O)OCCN. The Morgan fingerprint density at radius 3 is 0.921 bits per heavy atom. The van der Waals surface area contributed by atoms with E-state index in [4.69, 9.17) is 24.3 Å². The molecule has 0 aromatic rings. The maximum absolute atomic E-state index is 12.8. The van der Waals surface area contributed by atoms with Gasteiger partial charge in [0.2, 0.25) is 0 Å². The van der Waals surface area contributed by atoms with Crippen molar-refractivity contribution in [1.82, 2.24) is 0 Å². The second-order valence-electron chi connectivity index (χ2n) is 24.8. The van der Waals surface area contributed by atoms with Crippen LogP contribution in [0.4, 0.5) is 0 Å². The first kappa shape index (κ1) is 85.7. The lowest BCUT2D eigenvalue weighted by atomic mass is 10.0. The third-order valence-electron chi connectivity index (χ3n) is 16.1. The lowest BCUT2D eigenvalue weighted by Crippen LogP contribution is -2.29. The molecule has 0 saturated heterocycles. The minimum absolute atomic E-state index is 0.0517. The van der Waals surface area contributed by atoms with Crippen molar-refractivity contribution < 1.29 is 37.6 Å². The molecule has 89 heavy (non-hydrogen) atoms. The Morgan fingerprint density at radius 1 is 0.348 bits per heavy atom. The smallest absolute Gasteiger partial charge is 0.462 e. The molecule has 0 aromatic carbocycles. The highest BCUT2D eigenvalue weighted by Crippen LogP contribution is 2.43. The zero-order chi connectivity index (χ0) is 64.4. The Kier molecular flexibility index (Phi) is 71.0. The number of phosphoric ester groups is 1. The third-order valence-corrected chi connectivity index (χ3v) is 17.1. The Bertz CT molecular complexity index is 1830. The summed E-state index contributed by atoms with van der Waals surface area (Å²) in [5, 5.41) is 0. The van der Waals surface area contributed by atoms with E-state index in [2.05, 4.69) is 123 Å². The number of phosphoric acid groups is 1. The molecule has 3 N–H and O–H groups in total. The van der Waals surface area contributed by atoms with Crippen LogP contribution in [0.2, 0.25) is 0 Å². The van der Waals surface area contributed by atoms with Gasteiger partial charge in [-0.05, 0) is 103 Å². The van der Waals surface area contributed by atoms with Crippen LogP contribution in [0.15, 0.2) is 109 Å². The summed E-state index contributed by atoms with van der Waals surface area (Å²) >= 11 is 0. The van der Waals surface area contributed by atoms with Crippen molar-refractivity contribution in [2.45, 2.75) is 354 Å². The van der Waals surface area contributed by atoms with Gasteiger partial charge < -0.3 is 20.1 Å². The van der Waals surface area contributed by atoms with Crippen LogP contribution in [0.1, 0.15) is 348 Å². The molecule has 0 fully saturated rings. The van der Waals surface area contributed by atoms with E-state index in [1.165, 1.54) is 225 Å². The lowest BCUT2D eigenvalue weighted by molar-refractivity contribution is -0.161. The average molecular weight is 1260 g/mol. The minimum Gasteiger partial charge on any atom is -0.462 e. The van der Waals surface area contributed by atoms with Crippen LogP contribution >= 0.6 is 7.82 Å². The Hall–Kier alpha value is -3.33. The highest BCUT2D eigenvalue weighted by molar-refractivity contribution is 7.47. The average Bonchev–Trinajstić information content (AvgIpc) is 3.68. The molecule has 0 spiro atoms. The second-order valence-corrected chi connectivity index (χ2v) is 26.2. The maximum Gasteiger partial charge on any atom is 0.472 e. The van der Waals surface area contributed by atoms with Gasteiger partial charge in [-0.3, -0.25) is 18.6 Å². The molecular weight excluding hydrogens is 1120 g/mol. The highest BCUT2D eigenvalue weighted by atomic mass is 31.2. The largest absolute Gasteiger partial charge is 0.472 e. The summed E-state index contributed by atoms with van der Waals surface area (Å²) in [5.74, 6) is -0.816. The molecule has 0 heterocycles. The van der Waals surface area contributed by atoms with Crippen LogP contribution in [-0.4, -0.2) is 49.3 Å². The van der Waals surface area contributed by atoms with Crippen LogP contribution in [0.3, 0.4) is 0 Å². The van der Waals surface area contributed by atoms with E-state index in [1.807, 2.05) is 0 Å². The zero-order valence-corrected chi connectivity index (χ0v) is 58.8. The van der Waals surface area contributed by atoms with Crippen molar-refractivity contribution in [3.05, 3.63) is 109 Å². The number of rotatable bonds is 70. The molecule has 0 aliphatic heterocycles. The monoisotopic (exact) mass is 1260 g/mol. The quantitative estimate of drug-likeness (QED) is 0.0264. The van der Waals surface area contributed by atoms with E-state index in [0.29, 0.717) is 6.42 Å². The molecule has 9 nitrogen and oxygen atoms in total. The molecule has 10 heteroatoms. The lowest BCUT2D eigenvalue weighted by Gasteiger charge is -2.19. The van der Waals surface area contributed by atoms with Gasteiger partial charge in [-0.25, -0.2) is 4.57 Å². The molecule has 0 amide bonds.